The topological polar surface area (TPSA) is 187 Å². The Kier molecular flexibility index (Phi) is 17.1. The largest absolute Gasteiger partial charge is 0.491 e. The number of carbonyl (C=O) groups excluding carboxylic acids is 4. The predicted molar refractivity (Wildman–Crippen MR) is 278 cm³/mol. The quantitative estimate of drug-likeness (QED) is 0.0432. The van der Waals surface area contributed by atoms with E-state index in [9.17, 15) is 42.7 Å². The van der Waals surface area contributed by atoms with Crippen LogP contribution in [0.4, 0.5) is 28.9 Å². The summed E-state index contributed by atoms with van der Waals surface area (Å²) in [6.45, 7) is 12.3. The molecule has 1 aromatic heterocycles. The molecule has 0 spiro atoms. The Hall–Kier alpha value is -6.83. The number of ether oxygens (including phenoxy) is 3. The number of thiazole rings is 1. The Morgan fingerprint density at radius 1 is 0.933 bits per heavy atom. The van der Waals surface area contributed by atoms with Gasteiger partial charge in [0.15, 0.2) is 5.11 Å². The summed E-state index contributed by atoms with van der Waals surface area (Å²) in [5.74, 6) is -2.27. The third-order valence-corrected chi connectivity index (χ3v) is 14.2. The maximum atomic E-state index is 15.8. The van der Waals surface area contributed by atoms with Gasteiger partial charge >= 0.3 is 6.18 Å². The van der Waals surface area contributed by atoms with Crippen LogP contribution in [0.5, 0.6) is 5.75 Å². The van der Waals surface area contributed by atoms with Gasteiger partial charge in [-0.15, -0.1) is 11.3 Å². The fraction of sp³-hybridized carbons (Fsp3) is 0.389. The van der Waals surface area contributed by atoms with Gasteiger partial charge in [-0.25, -0.2) is 9.37 Å². The number of nitrogens with zero attached hydrogens (tertiary/aromatic N) is 5. The number of aromatic nitrogens is 1. The summed E-state index contributed by atoms with van der Waals surface area (Å²) < 4.78 is 74.0. The summed E-state index contributed by atoms with van der Waals surface area (Å²) in [7, 11) is 0. The molecule has 396 valence electrons. The molecule has 2 fully saturated rings. The second-order valence-corrected chi connectivity index (χ2v) is 21.0. The van der Waals surface area contributed by atoms with Crippen LogP contribution < -0.4 is 25.2 Å². The summed E-state index contributed by atoms with van der Waals surface area (Å²) >= 11 is 7.14. The molecule has 3 N–H and O–H groups in total. The highest BCUT2D eigenvalue weighted by molar-refractivity contribution is 7.81. The van der Waals surface area contributed by atoms with Crippen LogP contribution in [-0.4, -0.2) is 107 Å². The van der Waals surface area contributed by atoms with E-state index < -0.39 is 75.9 Å². The minimum Gasteiger partial charge on any atom is -0.491 e. The van der Waals surface area contributed by atoms with Gasteiger partial charge in [-0.2, -0.15) is 18.4 Å². The van der Waals surface area contributed by atoms with Crippen LogP contribution in [0.25, 0.3) is 21.6 Å². The molecular formula is C54H57F4N7O8S2. The van der Waals surface area contributed by atoms with Gasteiger partial charge in [0.05, 0.1) is 70.9 Å². The van der Waals surface area contributed by atoms with Crippen LogP contribution >= 0.6 is 23.6 Å². The average Bonchev–Trinajstić information content (AvgIpc) is 4.02. The van der Waals surface area contributed by atoms with Crippen LogP contribution in [-0.2, 0) is 34.8 Å². The number of alkyl halides is 3. The Balaban J connectivity index is 0.841. The standard InChI is InChI=1S/C54H57F4N7O8S2/c1-31(33-8-10-35(11-9-33)46-32(2)60-30-75-46)61-48(68)44-26-39(66)28-63(44)49(69)47(52(3,4)5)62-45(67)29-72-21-20-71-22-23-73-40-17-13-34(14-18-40)41-19-16-38(25-43(41)55)65-51(74)64(50(70)53(65,6)7)37-15-12-36(27-59)42(24-37)54(56,57)58/h8-19,24-25,30-31,39,44,47,66H,20-23,26,28-29H2,1-7H3,(H,61,68)(H,62,67)/t31-,39+,44-,47+/m0/s1. The van der Waals surface area contributed by atoms with E-state index >= 15 is 4.39 Å². The van der Waals surface area contributed by atoms with Gasteiger partial charge in [0.1, 0.15) is 42.4 Å². The smallest absolute Gasteiger partial charge is 0.417 e. The number of thiocarbonyl (C=S) groups is 1. The summed E-state index contributed by atoms with van der Waals surface area (Å²) in [6, 6.07) is 20.7. The first-order valence-electron chi connectivity index (χ1n) is 24.0. The number of aryl methyl sites for hydroxylation is 1. The van der Waals surface area contributed by atoms with E-state index in [0.29, 0.717) is 17.4 Å². The lowest BCUT2D eigenvalue weighted by molar-refractivity contribution is -0.144. The number of likely N-dealkylation sites (tertiary alicyclic amines) is 1. The number of β-amino-alcohol motifs (C(OH)–C–C–N with tert-alkyl or cyclic N) is 1. The molecule has 7 rings (SSSR count). The number of rotatable bonds is 18. The molecule has 2 aliphatic rings. The molecule has 0 bridgehead atoms. The molecule has 0 radical (unpaired) electrons. The molecule has 75 heavy (non-hydrogen) atoms. The first-order chi connectivity index (χ1) is 35.4. The third kappa shape index (κ3) is 12.7. The van der Waals surface area contributed by atoms with Crippen LogP contribution in [0.3, 0.4) is 0 Å². The zero-order valence-corrected chi connectivity index (χ0v) is 43.9. The highest BCUT2D eigenvalue weighted by atomic mass is 32.1. The maximum Gasteiger partial charge on any atom is 0.417 e. The fourth-order valence-corrected chi connectivity index (χ4v) is 10.2. The van der Waals surface area contributed by atoms with Crippen molar-refractivity contribution in [2.75, 3.05) is 49.4 Å². The SMILES string of the molecule is Cc1ncsc1-c1ccc([C@H](C)NC(=O)[C@@H]2C[C@@H](O)CN2C(=O)[C@@H](NC(=O)COCCOCCOc2ccc(-c3ccc(N4C(=S)N(c5ccc(C#N)c(C(F)(F)F)c5)C(=O)C4(C)C)cc3F)cc2)C(C)(C)C)cc1. The number of nitrogens with one attached hydrogen (secondary N) is 2. The average molecular weight is 1070 g/mol. The molecule has 3 heterocycles. The monoisotopic (exact) mass is 1070 g/mol. The Morgan fingerprint density at radius 3 is 2.21 bits per heavy atom. The first kappa shape index (κ1) is 55.9. The van der Waals surface area contributed by atoms with Crippen molar-refractivity contribution in [1.29, 1.82) is 5.26 Å². The molecule has 4 aromatic carbocycles. The number of amides is 4. The molecule has 0 aliphatic carbocycles. The minimum absolute atomic E-state index is 0.0506. The molecule has 4 amide bonds. The third-order valence-electron chi connectivity index (χ3n) is 12.9. The molecule has 4 atom stereocenters. The molecule has 2 saturated heterocycles. The molecule has 2 aliphatic heterocycles. The summed E-state index contributed by atoms with van der Waals surface area (Å²) in [5, 5.41) is 25.4. The zero-order chi connectivity index (χ0) is 54.6. The van der Waals surface area contributed by atoms with Gasteiger partial charge in [-0.05, 0) is 111 Å². The van der Waals surface area contributed by atoms with Crippen molar-refractivity contribution in [2.45, 2.75) is 90.8 Å². The van der Waals surface area contributed by atoms with Crippen LogP contribution in [0.15, 0.2) is 90.4 Å². The summed E-state index contributed by atoms with van der Waals surface area (Å²) in [5.41, 5.74) is 1.38. The van der Waals surface area contributed by atoms with E-state index in [-0.39, 0.29) is 74.1 Å². The number of nitriles is 1. The Labute approximate surface area is 441 Å². The lowest BCUT2D eigenvalue weighted by Gasteiger charge is -2.35. The molecule has 5 aromatic rings. The molecular weight excluding hydrogens is 1010 g/mol. The summed E-state index contributed by atoms with van der Waals surface area (Å²) in [4.78, 5) is 63.4. The number of hydrogen-bond donors (Lipinski definition) is 3. The Morgan fingerprint density at radius 2 is 1.59 bits per heavy atom. The molecule has 0 unspecified atom stereocenters. The van der Waals surface area contributed by atoms with E-state index in [0.717, 1.165) is 32.7 Å². The number of anilines is 2. The van der Waals surface area contributed by atoms with Crippen molar-refractivity contribution >= 4 is 63.7 Å². The first-order valence-corrected chi connectivity index (χ1v) is 25.3. The number of aliphatic hydroxyl groups is 1. The van der Waals surface area contributed by atoms with Crippen molar-refractivity contribution in [2.24, 2.45) is 5.41 Å². The van der Waals surface area contributed by atoms with Crippen molar-refractivity contribution in [3.63, 3.8) is 0 Å². The lowest BCUT2D eigenvalue weighted by Crippen LogP contribution is -2.58. The lowest BCUT2D eigenvalue weighted by atomic mass is 9.85. The van der Waals surface area contributed by atoms with Crippen molar-refractivity contribution < 1.29 is 56.1 Å². The van der Waals surface area contributed by atoms with Crippen molar-refractivity contribution in [1.82, 2.24) is 20.5 Å². The number of benzene rings is 4. The molecule has 21 heteroatoms. The van der Waals surface area contributed by atoms with E-state index in [1.54, 1.807) is 68.0 Å². The number of carbonyl (C=O) groups is 4. The van der Waals surface area contributed by atoms with Gasteiger partial charge in [0, 0.05) is 24.2 Å². The van der Waals surface area contributed by atoms with E-state index in [2.05, 4.69) is 15.6 Å². The van der Waals surface area contributed by atoms with Gasteiger partial charge in [-0.1, -0.05) is 57.2 Å². The van der Waals surface area contributed by atoms with Crippen molar-refractivity contribution in [3.8, 4) is 33.4 Å². The van der Waals surface area contributed by atoms with E-state index in [1.165, 1.54) is 47.9 Å². The van der Waals surface area contributed by atoms with Gasteiger partial charge in [0.2, 0.25) is 17.7 Å². The maximum absolute atomic E-state index is 15.8. The van der Waals surface area contributed by atoms with E-state index in [4.69, 9.17) is 26.4 Å². The molecule has 0 saturated carbocycles. The van der Waals surface area contributed by atoms with Gasteiger partial charge in [0.25, 0.3) is 5.91 Å². The predicted octanol–water partition coefficient (Wildman–Crippen LogP) is 8.51. The van der Waals surface area contributed by atoms with E-state index in [1.807, 2.05) is 38.1 Å². The van der Waals surface area contributed by atoms with Crippen LogP contribution in [0.1, 0.15) is 76.4 Å². The van der Waals surface area contributed by atoms with Crippen molar-refractivity contribution in [3.05, 3.63) is 119 Å². The Bertz CT molecular complexity index is 2980. The fourth-order valence-electron chi connectivity index (χ4n) is 8.89. The van der Waals surface area contributed by atoms with Crippen LogP contribution in [0, 0.1) is 29.5 Å². The normalized spacial score (nSPS) is 17.5. The second-order valence-electron chi connectivity index (χ2n) is 19.7. The van der Waals surface area contributed by atoms with Crippen LogP contribution in [0.2, 0.25) is 0 Å². The zero-order valence-electron chi connectivity index (χ0n) is 42.3. The second kappa shape index (κ2) is 23.0. The van der Waals surface area contributed by atoms with Gasteiger partial charge < -0.3 is 39.8 Å². The molecule has 15 nitrogen and oxygen atoms in total. The number of hydrogen-bond acceptors (Lipinski definition) is 12. The number of halogens is 4. The summed E-state index contributed by atoms with van der Waals surface area (Å²) in [6.07, 6.45) is -5.73. The highest BCUT2D eigenvalue weighted by Crippen LogP contribution is 2.41. The number of aliphatic hydroxyl groups excluding tert-OH is 1. The minimum atomic E-state index is -4.86. The highest BCUT2D eigenvalue weighted by Gasteiger charge is 2.51. The van der Waals surface area contributed by atoms with Gasteiger partial charge in [-0.3, -0.25) is 24.1 Å².